The van der Waals surface area contributed by atoms with Gasteiger partial charge in [-0.3, -0.25) is 0 Å². The van der Waals surface area contributed by atoms with Gasteiger partial charge < -0.3 is 15.0 Å². The van der Waals surface area contributed by atoms with Gasteiger partial charge >= 0.3 is 12.2 Å². The Morgan fingerprint density at radius 2 is 1.88 bits per heavy atom. The second-order valence-electron chi connectivity index (χ2n) is 7.82. The van der Waals surface area contributed by atoms with E-state index < -0.39 is 12.2 Å². The first-order valence-corrected chi connectivity index (χ1v) is 11.2. The van der Waals surface area contributed by atoms with Crippen LogP contribution in [0.15, 0.2) is 56.8 Å². The van der Waals surface area contributed by atoms with Crippen molar-refractivity contribution in [3.05, 3.63) is 69.6 Å². The highest BCUT2D eigenvalue weighted by molar-refractivity contribution is 7.98. The van der Waals surface area contributed by atoms with Crippen LogP contribution < -0.4 is 16.2 Å². The molecule has 2 aromatic carbocycles. The monoisotopic (exact) mass is 472 g/mol. The fourth-order valence-corrected chi connectivity index (χ4v) is 4.48. The van der Waals surface area contributed by atoms with E-state index in [2.05, 4.69) is 34.8 Å². The quantitative estimate of drug-likeness (QED) is 0.227. The number of hydrogen-bond donors (Lipinski definition) is 1. The molecule has 172 valence electrons. The largest absolute Gasteiger partial charge is 0.435 e. The van der Waals surface area contributed by atoms with Crippen LogP contribution in [0, 0.1) is 6.92 Å². The van der Waals surface area contributed by atoms with Crippen molar-refractivity contribution >= 4 is 22.7 Å². The Balaban J connectivity index is 1.60. The summed E-state index contributed by atoms with van der Waals surface area (Å²) in [6.07, 6.45) is 0. The van der Waals surface area contributed by atoms with Crippen molar-refractivity contribution in [2.75, 3.05) is 5.84 Å². The van der Waals surface area contributed by atoms with Gasteiger partial charge in [-0.25, -0.2) is 9.47 Å². The van der Waals surface area contributed by atoms with Gasteiger partial charge in [0, 0.05) is 22.8 Å². The molecule has 33 heavy (non-hydrogen) atoms. The van der Waals surface area contributed by atoms with E-state index in [0.717, 1.165) is 16.5 Å². The lowest BCUT2D eigenvalue weighted by atomic mass is 9.95. The van der Waals surface area contributed by atoms with E-state index in [1.54, 1.807) is 12.1 Å². The van der Waals surface area contributed by atoms with Gasteiger partial charge in [-0.15, -0.1) is 10.2 Å². The van der Waals surface area contributed by atoms with Gasteiger partial charge in [0.25, 0.3) is 0 Å². The van der Waals surface area contributed by atoms with Crippen molar-refractivity contribution in [1.82, 2.24) is 14.9 Å². The van der Waals surface area contributed by atoms with Gasteiger partial charge in [0.15, 0.2) is 5.82 Å². The molecule has 0 aliphatic heterocycles. The molecule has 0 amide bonds. The number of nitrogens with two attached hydrogens (primary N) is 1. The summed E-state index contributed by atoms with van der Waals surface area (Å²) in [5, 5.41) is 9.56. The predicted octanol–water partition coefficient (Wildman–Crippen LogP) is 5.09. The molecular weight excluding hydrogens is 450 g/mol. The van der Waals surface area contributed by atoms with Crippen molar-refractivity contribution < 1.29 is 17.9 Å². The summed E-state index contributed by atoms with van der Waals surface area (Å²) in [5.74, 6) is 7.35. The van der Waals surface area contributed by atoms with E-state index >= 15 is 0 Å². The topological polar surface area (TPSA) is 96.2 Å². The molecule has 0 unspecified atom stereocenters. The second kappa shape index (κ2) is 9.22. The number of ether oxygens (including phenoxy) is 1. The van der Waals surface area contributed by atoms with E-state index in [1.165, 1.54) is 40.2 Å². The molecule has 2 N–H and O–H groups in total. The molecule has 4 aromatic rings. The molecule has 0 saturated carbocycles. The minimum Gasteiger partial charge on any atom is -0.435 e. The number of thioether (sulfide) groups is 1. The maximum atomic E-state index is 12.3. The van der Waals surface area contributed by atoms with Crippen LogP contribution in [-0.2, 0) is 5.75 Å². The number of halogens is 2. The van der Waals surface area contributed by atoms with E-state index in [4.69, 9.17) is 10.3 Å². The Bertz CT molecular complexity index is 1350. The van der Waals surface area contributed by atoms with Crippen LogP contribution in [0.2, 0.25) is 0 Å². The highest BCUT2D eigenvalue weighted by Gasteiger charge is 2.16. The smallest absolute Gasteiger partial charge is 0.387 e. The van der Waals surface area contributed by atoms with Crippen LogP contribution in [0.4, 0.5) is 8.78 Å². The maximum Gasteiger partial charge on any atom is 0.387 e. The highest BCUT2D eigenvalue weighted by atomic mass is 32.2. The average molecular weight is 473 g/mol. The van der Waals surface area contributed by atoms with Gasteiger partial charge in [-0.05, 0) is 65.9 Å². The molecule has 0 saturated heterocycles. The molecule has 0 bridgehead atoms. The number of benzene rings is 2. The summed E-state index contributed by atoms with van der Waals surface area (Å²) in [6, 6.07) is 11.4. The van der Waals surface area contributed by atoms with Crippen molar-refractivity contribution in [2.45, 2.75) is 44.2 Å². The van der Waals surface area contributed by atoms with E-state index in [1.807, 2.05) is 13.0 Å². The van der Waals surface area contributed by atoms with E-state index in [-0.39, 0.29) is 5.75 Å². The van der Waals surface area contributed by atoms with E-state index in [9.17, 15) is 13.6 Å². The van der Waals surface area contributed by atoms with Crippen molar-refractivity contribution in [3.8, 4) is 17.1 Å². The van der Waals surface area contributed by atoms with Crippen molar-refractivity contribution in [2.24, 2.45) is 0 Å². The molecule has 0 fully saturated rings. The predicted molar refractivity (Wildman–Crippen MR) is 123 cm³/mol. The first-order valence-electron chi connectivity index (χ1n) is 10.2. The van der Waals surface area contributed by atoms with Crippen LogP contribution in [-0.4, -0.2) is 21.5 Å². The zero-order chi connectivity index (χ0) is 23.7. The molecule has 7 nitrogen and oxygen atoms in total. The number of alkyl halides is 2. The van der Waals surface area contributed by atoms with Crippen molar-refractivity contribution in [1.29, 1.82) is 0 Å². The van der Waals surface area contributed by atoms with Gasteiger partial charge in [0.05, 0.1) is 0 Å². The number of nitrogens with zero attached hydrogens (tertiary/aromatic N) is 3. The van der Waals surface area contributed by atoms with Gasteiger partial charge in [-0.2, -0.15) is 8.78 Å². The molecular formula is C23H22F2N4O3S. The Labute approximate surface area is 192 Å². The summed E-state index contributed by atoms with van der Waals surface area (Å²) in [7, 11) is 0. The third-order valence-electron chi connectivity index (χ3n) is 5.20. The SMILES string of the molecule is Cc1cc2oc(=O)cc(CSc3nnc(-c4ccc(OC(F)F)cc4)n3N)c2cc1C(C)C. The Morgan fingerprint density at radius 1 is 1.15 bits per heavy atom. The summed E-state index contributed by atoms with van der Waals surface area (Å²) >= 11 is 1.33. The molecule has 2 aromatic heterocycles. The summed E-state index contributed by atoms with van der Waals surface area (Å²) in [5.41, 5.74) is 3.79. The van der Waals surface area contributed by atoms with Crippen molar-refractivity contribution in [3.63, 3.8) is 0 Å². The summed E-state index contributed by atoms with van der Waals surface area (Å²) in [6.45, 7) is 3.34. The number of hydrogen-bond acceptors (Lipinski definition) is 7. The van der Waals surface area contributed by atoms with Crippen LogP contribution in [0.3, 0.4) is 0 Å². The minimum absolute atomic E-state index is 0.0391. The minimum atomic E-state index is -2.89. The number of aryl methyl sites for hydroxylation is 1. The molecule has 0 atom stereocenters. The Hall–Kier alpha value is -3.40. The molecule has 10 heteroatoms. The third-order valence-corrected chi connectivity index (χ3v) is 6.19. The first kappa shape index (κ1) is 22.8. The Kier molecular flexibility index (Phi) is 6.37. The lowest BCUT2D eigenvalue weighted by Crippen LogP contribution is -2.11. The first-order chi connectivity index (χ1) is 15.7. The van der Waals surface area contributed by atoms with E-state index in [0.29, 0.717) is 33.8 Å². The number of nitrogen functional groups attached to an aromatic ring is 1. The normalized spacial score (nSPS) is 11.6. The fraction of sp³-hybridized carbons (Fsp3) is 0.261. The maximum absolute atomic E-state index is 12.3. The molecule has 0 radical (unpaired) electrons. The van der Waals surface area contributed by atoms with Gasteiger partial charge in [0.1, 0.15) is 11.3 Å². The van der Waals surface area contributed by atoms with Crippen LogP contribution >= 0.6 is 11.8 Å². The van der Waals surface area contributed by atoms with Crippen LogP contribution in [0.25, 0.3) is 22.4 Å². The molecule has 0 aliphatic rings. The number of aromatic nitrogens is 3. The van der Waals surface area contributed by atoms with Gasteiger partial charge in [0.2, 0.25) is 5.16 Å². The lowest BCUT2D eigenvalue weighted by Gasteiger charge is -2.13. The highest BCUT2D eigenvalue weighted by Crippen LogP contribution is 2.31. The summed E-state index contributed by atoms with van der Waals surface area (Å²) in [4.78, 5) is 12.1. The standard InChI is InChI=1S/C23H22F2N4O3S/c1-12(2)17-10-18-15(9-20(30)32-19(18)8-13(17)3)11-33-23-28-27-21(29(23)26)14-4-6-16(7-5-14)31-22(24)25/h4-10,12,22H,11,26H2,1-3H3. The van der Waals surface area contributed by atoms with Crippen LogP contribution in [0.5, 0.6) is 5.75 Å². The summed E-state index contributed by atoms with van der Waals surface area (Å²) < 4.78 is 35.8. The number of fused-ring (bicyclic) bond motifs is 1. The van der Waals surface area contributed by atoms with Gasteiger partial charge in [-0.1, -0.05) is 25.6 Å². The average Bonchev–Trinajstić information content (AvgIpc) is 3.11. The fourth-order valence-electron chi connectivity index (χ4n) is 3.63. The number of rotatable bonds is 7. The molecule has 0 spiro atoms. The third kappa shape index (κ3) is 4.85. The Morgan fingerprint density at radius 3 is 2.55 bits per heavy atom. The van der Waals surface area contributed by atoms with Crippen LogP contribution in [0.1, 0.15) is 36.5 Å². The molecule has 2 heterocycles. The zero-order valence-corrected chi connectivity index (χ0v) is 19.0. The molecule has 0 aliphatic carbocycles. The second-order valence-corrected chi connectivity index (χ2v) is 8.76. The zero-order valence-electron chi connectivity index (χ0n) is 18.2. The molecule has 4 rings (SSSR count). The lowest BCUT2D eigenvalue weighted by molar-refractivity contribution is -0.0498.